The van der Waals surface area contributed by atoms with E-state index < -0.39 is 5.97 Å². The van der Waals surface area contributed by atoms with Crippen molar-refractivity contribution in [3.8, 4) is 0 Å². The Balaban J connectivity index is 2.82. The quantitative estimate of drug-likeness (QED) is 0.777. The largest absolute Gasteiger partial charge is 0.481 e. The van der Waals surface area contributed by atoms with Gasteiger partial charge < -0.3 is 14.7 Å². The summed E-state index contributed by atoms with van der Waals surface area (Å²) in [4.78, 5) is 24.2. The van der Waals surface area contributed by atoms with Crippen LogP contribution < -0.4 is 4.90 Å². The molecule has 1 rings (SSSR count). The summed E-state index contributed by atoms with van der Waals surface area (Å²) in [5.41, 5.74) is 1.40. The summed E-state index contributed by atoms with van der Waals surface area (Å²) in [5.74, 6) is -1.17. The lowest BCUT2D eigenvalue weighted by Gasteiger charge is -2.28. The van der Waals surface area contributed by atoms with Crippen LogP contribution in [0.1, 0.15) is 37.6 Å². The zero-order valence-electron chi connectivity index (χ0n) is 12.1. The molecule has 1 aromatic carbocycles. The molecule has 5 nitrogen and oxygen atoms in total. The van der Waals surface area contributed by atoms with Crippen molar-refractivity contribution in [3.05, 3.63) is 29.8 Å². The first-order chi connectivity index (χ1) is 9.45. The molecule has 0 aliphatic heterocycles. The average molecular weight is 279 g/mol. The van der Waals surface area contributed by atoms with E-state index in [1.807, 2.05) is 30.9 Å². The van der Waals surface area contributed by atoms with E-state index in [1.54, 1.807) is 19.1 Å². The Bertz CT molecular complexity index is 453. The number of esters is 1. The van der Waals surface area contributed by atoms with Gasteiger partial charge in [-0.1, -0.05) is 0 Å². The molecule has 0 saturated heterocycles. The number of rotatable bonds is 7. The zero-order valence-corrected chi connectivity index (χ0v) is 12.1. The number of carbonyl (C=O) groups excluding carboxylic acids is 1. The predicted octanol–water partition coefficient (Wildman–Crippen LogP) is 2.55. The molecule has 5 heteroatoms. The Morgan fingerprint density at radius 1 is 1.25 bits per heavy atom. The van der Waals surface area contributed by atoms with E-state index in [-0.39, 0.29) is 18.4 Å². The summed E-state index contributed by atoms with van der Waals surface area (Å²) in [6.45, 7) is 6.55. The van der Waals surface area contributed by atoms with Gasteiger partial charge in [0, 0.05) is 18.3 Å². The number of nitrogens with zero attached hydrogens (tertiary/aromatic N) is 1. The van der Waals surface area contributed by atoms with Gasteiger partial charge in [0.2, 0.25) is 0 Å². The van der Waals surface area contributed by atoms with Crippen molar-refractivity contribution in [1.29, 1.82) is 0 Å². The Hall–Kier alpha value is -2.04. The first-order valence-corrected chi connectivity index (χ1v) is 6.71. The van der Waals surface area contributed by atoms with Gasteiger partial charge in [0.05, 0.1) is 18.6 Å². The molecule has 20 heavy (non-hydrogen) atoms. The van der Waals surface area contributed by atoms with Crippen molar-refractivity contribution in [2.75, 3.05) is 18.1 Å². The summed E-state index contributed by atoms with van der Waals surface area (Å²) in [5, 5.41) is 8.78. The number of carboxylic acid groups (broad SMARTS) is 1. The normalized spacial score (nSPS) is 10.4. The molecule has 0 unspecified atom stereocenters. The summed E-state index contributed by atoms with van der Waals surface area (Å²) >= 11 is 0. The van der Waals surface area contributed by atoms with Crippen LogP contribution in [0.4, 0.5) is 5.69 Å². The van der Waals surface area contributed by atoms with Gasteiger partial charge in [0.25, 0.3) is 0 Å². The highest BCUT2D eigenvalue weighted by Gasteiger charge is 2.13. The van der Waals surface area contributed by atoms with Crippen LogP contribution >= 0.6 is 0 Å². The molecule has 0 spiro atoms. The van der Waals surface area contributed by atoms with Gasteiger partial charge in [-0.2, -0.15) is 0 Å². The molecule has 0 atom stereocenters. The third-order valence-electron chi connectivity index (χ3n) is 2.90. The van der Waals surface area contributed by atoms with E-state index in [9.17, 15) is 9.59 Å². The third-order valence-corrected chi connectivity index (χ3v) is 2.90. The van der Waals surface area contributed by atoms with Crippen LogP contribution in [0, 0.1) is 0 Å². The standard InChI is InChI=1S/C15H21NO4/c1-4-20-15(19)12-5-7-13(8-6-12)16(11(2)3)10-9-14(17)18/h5-8,11H,4,9-10H2,1-3H3,(H,17,18). The van der Waals surface area contributed by atoms with Crippen LogP contribution in [0.2, 0.25) is 0 Å². The van der Waals surface area contributed by atoms with Gasteiger partial charge in [-0.15, -0.1) is 0 Å². The topological polar surface area (TPSA) is 66.8 Å². The smallest absolute Gasteiger partial charge is 0.338 e. The maximum absolute atomic E-state index is 11.6. The summed E-state index contributed by atoms with van der Waals surface area (Å²) in [7, 11) is 0. The first-order valence-electron chi connectivity index (χ1n) is 6.71. The van der Waals surface area contributed by atoms with Crippen LogP contribution in [0.3, 0.4) is 0 Å². The molecule has 1 N–H and O–H groups in total. The van der Waals surface area contributed by atoms with Crippen molar-refractivity contribution in [2.24, 2.45) is 0 Å². The van der Waals surface area contributed by atoms with Gasteiger partial charge in [-0.05, 0) is 45.0 Å². The summed E-state index contributed by atoms with van der Waals surface area (Å²) < 4.78 is 4.92. The minimum atomic E-state index is -0.821. The van der Waals surface area contributed by atoms with Crippen LogP contribution in [-0.2, 0) is 9.53 Å². The predicted molar refractivity (Wildman–Crippen MR) is 77.1 cm³/mol. The van der Waals surface area contributed by atoms with E-state index in [0.717, 1.165) is 5.69 Å². The van der Waals surface area contributed by atoms with Gasteiger partial charge in [-0.3, -0.25) is 4.79 Å². The van der Waals surface area contributed by atoms with Crippen molar-refractivity contribution < 1.29 is 19.4 Å². The van der Waals surface area contributed by atoms with Gasteiger partial charge >= 0.3 is 11.9 Å². The number of benzene rings is 1. The molecule has 1 aromatic rings. The highest BCUT2D eigenvalue weighted by atomic mass is 16.5. The van der Waals surface area contributed by atoms with Crippen LogP contribution in [-0.4, -0.2) is 36.2 Å². The number of hydrogen-bond acceptors (Lipinski definition) is 4. The number of hydrogen-bond donors (Lipinski definition) is 1. The lowest BCUT2D eigenvalue weighted by molar-refractivity contribution is -0.136. The molecule has 0 aromatic heterocycles. The number of carbonyl (C=O) groups is 2. The van der Waals surface area contributed by atoms with Crippen LogP contribution in [0.15, 0.2) is 24.3 Å². The molecule has 0 aliphatic rings. The zero-order chi connectivity index (χ0) is 15.1. The maximum atomic E-state index is 11.6. The van der Waals surface area contributed by atoms with Crippen molar-refractivity contribution >= 4 is 17.6 Å². The lowest BCUT2D eigenvalue weighted by atomic mass is 10.1. The Morgan fingerprint density at radius 3 is 2.30 bits per heavy atom. The second-order valence-corrected chi connectivity index (χ2v) is 4.70. The highest BCUT2D eigenvalue weighted by Crippen LogP contribution is 2.18. The number of carboxylic acids is 1. The van der Waals surface area contributed by atoms with E-state index in [1.165, 1.54) is 0 Å². The molecule has 0 bridgehead atoms. The van der Waals surface area contributed by atoms with Crippen molar-refractivity contribution in [3.63, 3.8) is 0 Å². The van der Waals surface area contributed by atoms with E-state index in [4.69, 9.17) is 9.84 Å². The summed E-state index contributed by atoms with van der Waals surface area (Å²) in [6.07, 6.45) is 0.0812. The first kappa shape index (κ1) is 16.0. The van der Waals surface area contributed by atoms with E-state index in [2.05, 4.69) is 0 Å². The van der Waals surface area contributed by atoms with Crippen LogP contribution in [0.5, 0.6) is 0 Å². The molecule has 0 amide bonds. The van der Waals surface area contributed by atoms with E-state index in [0.29, 0.717) is 18.7 Å². The van der Waals surface area contributed by atoms with Crippen molar-refractivity contribution in [2.45, 2.75) is 33.2 Å². The maximum Gasteiger partial charge on any atom is 0.338 e. The monoisotopic (exact) mass is 279 g/mol. The molecular weight excluding hydrogens is 258 g/mol. The molecule has 0 aliphatic carbocycles. The Morgan fingerprint density at radius 2 is 1.85 bits per heavy atom. The van der Waals surface area contributed by atoms with Crippen LogP contribution in [0.25, 0.3) is 0 Å². The lowest BCUT2D eigenvalue weighted by Crippen LogP contribution is -2.32. The number of anilines is 1. The van der Waals surface area contributed by atoms with Crippen molar-refractivity contribution in [1.82, 2.24) is 0 Å². The Labute approximate surface area is 119 Å². The fourth-order valence-electron chi connectivity index (χ4n) is 1.90. The Kier molecular flexibility index (Phi) is 6.03. The minimum Gasteiger partial charge on any atom is -0.481 e. The van der Waals surface area contributed by atoms with Gasteiger partial charge in [-0.25, -0.2) is 4.79 Å². The molecule has 0 fully saturated rings. The third kappa shape index (κ3) is 4.57. The van der Waals surface area contributed by atoms with Gasteiger partial charge in [0.15, 0.2) is 0 Å². The second kappa shape index (κ2) is 7.53. The minimum absolute atomic E-state index is 0.0812. The number of ether oxygens (including phenoxy) is 1. The molecule has 0 saturated carbocycles. The molecule has 110 valence electrons. The summed E-state index contributed by atoms with van der Waals surface area (Å²) in [6, 6.07) is 7.21. The SMILES string of the molecule is CCOC(=O)c1ccc(N(CCC(=O)O)C(C)C)cc1. The highest BCUT2D eigenvalue weighted by molar-refractivity contribution is 5.89. The fraction of sp³-hybridized carbons (Fsp3) is 0.467. The molecular formula is C15H21NO4. The van der Waals surface area contributed by atoms with Gasteiger partial charge in [0.1, 0.15) is 0 Å². The molecule has 0 heterocycles. The number of aliphatic carboxylic acids is 1. The fourth-order valence-corrected chi connectivity index (χ4v) is 1.90. The molecule has 0 radical (unpaired) electrons. The van der Waals surface area contributed by atoms with E-state index >= 15 is 0 Å². The average Bonchev–Trinajstić information content (AvgIpc) is 2.39. The second-order valence-electron chi connectivity index (χ2n) is 4.70.